The number of hydrogen-bond donors (Lipinski definition) is 3. The molecule has 0 saturated heterocycles. The van der Waals surface area contributed by atoms with Gasteiger partial charge in [0.1, 0.15) is 11.6 Å². The highest BCUT2D eigenvalue weighted by Crippen LogP contribution is 2.39. The molecule has 7 nitrogen and oxygen atoms in total. The lowest BCUT2D eigenvalue weighted by Crippen LogP contribution is -2.47. The molecule has 0 bridgehead atoms. The molecule has 8 heteroatoms. The van der Waals surface area contributed by atoms with Crippen LogP contribution in [0.5, 0.6) is 0 Å². The lowest BCUT2D eigenvalue weighted by Gasteiger charge is -2.22. The quantitative estimate of drug-likeness (QED) is 0.389. The molecular weight excluding hydrogens is 294 g/mol. The van der Waals surface area contributed by atoms with Gasteiger partial charge in [0.2, 0.25) is 12.3 Å². The summed E-state index contributed by atoms with van der Waals surface area (Å²) < 4.78 is 0. The Morgan fingerprint density at radius 1 is 1.57 bits per heavy atom. The van der Waals surface area contributed by atoms with Crippen molar-refractivity contribution in [2.24, 2.45) is 5.92 Å². The summed E-state index contributed by atoms with van der Waals surface area (Å²) in [6, 6.07) is 1.21. The van der Waals surface area contributed by atoms with E-state index in [0.717, 1.165) is 12.8 Å². The van der Waals surface area contributed by atoms with Gasteiger partial charge < -0.3 is 15.7 Å². The third-order valence-electron chi connectivity index (χ3n) is 3.38. The van der Waals surface area contributed by atoms with Crippen LogP contribution in [0.1, 0.15) is 26.2 Å². The molecule has 1 saturated carbocycles. The Labute approximate surface area is 127 Å². The minimum Gasteiger partial charge on any atom is -0.480 e. The molecule has 1 fully saturated rings. The molecule has 0 aromatic carbocycles. The van der Waals surface area contributed by atoms with E-state index in [2.05, 4.69) is 16.7 Å². The van der Waals surface area contributed by atoms with Gasteiger partial charge in [0.05, 0.1) is 11.8 Å². The Bertz CT molecular complexity index is 447. The number of carboxylic acids is 1. The molecule has 2 atom stereocenters. The molecule has 0 spiro atoms. The highest BCUT2D eigenvalue weighted by molar-refractivity contribution is 7.99. The second kappa shape index (κ2) is 7.88. The molecule has 0 heterocycles. The van der Waals surface area contributed by atoms with Gasteiger partial charge in [0.15, 0.2) is 0 Å². The molecule has 0 aromatic heterocycles. The van der Waals surface area contributed by atoms with Crippen molar-refractivity contribution in [3.05, 3.63) is 0 Å². The number of amides is 2. The molecule has 1 aliphatic carbocycles. The number of carboxylic acid groups (broad SMARTS) is 1. The Balaban J connectivity index is 2.26. The number of rotatable bonds is 10. The summed E-state index contributed by atoms with van der Waals surface area (Å²) in [5.41, 5.74) is -0.805. The molecule has 1 rings (SSSR count). The van der Waals surface area contributed by atoms with Gasteiger partial charge in [-0.1, -0.05) is 0 Å². The molecule has 116 valence electrons. The predicted octanol–water partition coefficient (Wildman–Crippen LogP) is 0.117. The van der Waals surface area contributed by atoms with Gasteiger partial charge in [-0.05, 0) is 37.9 Å². The van der Waals surface area contributed by atoms with Crippen LogP contribution in [0.25, 0.3) is 0 Å². The minimum atomic E-state index is -1.10. The highest BCUT2D eigenvalue weighted by atomic mass is 32.2. The Morgan fingerprint density at radius 2 is 2.24 bits per heavy atom. The van der Waals surface area contributed by atoms with E-state index in [0.29, 0.717) is 12.2 Å². The second-order valence-electron chi connectivity index (χ2n) is 5.15. The minimum absolute atomic E-state index is 0.164. The van der Waals surface area contributed by atoms with E-state index in [4.69, 9.17) is 10.4 Å². The van der Waals surface area contributed by atoms with E-state index >= 15 is 0 Å². The van der Waals surface area contributed by atoms with Crippen LogP contribution in [0.2, 0.25) is 0 Å². The first-order valence-electron chi connectivity index (χ1n) is 6.65. The van der Waals surface area contributed by atoms with Crippen LogP contribution in [-0.4, -0.2) is 46.5 Å². The largest absolute Gasteiger partial charge is 0.480 e. The normalized spacial score (nSPS) is 17.9. The van der Waals surface area contributed by atoms with Crippen molar-refractivity contribution in [3.8, 4) is 6.07 Å². The Morgan fingerprint density at radius 3 is 2.71 bits per heavy atom. The van der Waals surface area contributed by atoms with Crippen molar-refractivity contribution in [2.75, 3.05) is 11.5 Å². The molecule has 0 radical (unpaired) electrons. The van der Waals surface area contributed by atoms with E-state index in [1.54, 1.807) is 6.92 Å². The fourth-order valence-corrected chi connectivity index (χ4v) is 2.74. The molecule has 3 N–H and O–H groups in total. The summed E-state index contributed by atoms with van der Waals surface area (Å²) in [5.74, 6) is -0.510. The first-order chi connectivity index (χ1) is 9.92. The van der Waals surface area contributed by atoms with Crippen molar-refractivity contribution in [2.45, 2.75) is 37.8 Å². The van der Waals surface area contributed by atoms with Gasteiger partial charge in [-0.2, -0.15) is 17.0 Å². The lowest BCUT2D eigenvalue weighted by molar-refractivity contribution is -0.140. The van der Waals surface area contributed by atoms with Crippen LogP contribution in [0, 0.1) is 17.2 Å². The predicted molar refractivity (Wildman–Crippen MR) is 77.5 cm³/mol. The standard InChI is InChI=1S/C13H19N3O4S/c1-13(7-14,9-2-3-9)16-11(18)6-21-5-4-10(12(19)20)15-8-17/h8-10H,2-6H2,1H3,(H,15,17)(H,16,18)(H,19,20). The number of nitrogens with one attached hydrogen (secondary N) is 2. The molecule has 0 aliphatic heterocycles. The third-order valence-corrected chi connectivity index (χ3v) is 4.37. The maximum absolute atomic E-state index is 11.8. The zero-order valence-electron chi connectivity index (χ0n) is 11.8. The third kappa shape index (κ3) is 5.63. The van der Waals surface area contributed by atoms with Crippen molar-refractivity contribution < 1.29 is 19.5 Å². The fraction of sp³-hybridized carbons (Fsp3) is 0.692. The summed E-state index contributed by atoms with van der Waals surface area (Å²) in [6.45, 7) is 1.72. The van der Waals surface area contributed by atoms with Crippen LogP contribution in [0.15, 0.2) is 0 Å². The number of hydrogen-bond acceptors (Lipinski definition) is 5. The van der Waals surface area contributed by atoms with Crippen LogP contribution in [0.3, 0.4) is 0 Å². The molecule has 2 amide bonds. The van der Waals surface area contributed by atoms with Gasteiger partial charge in [-0.15, -0.1) is 0 Å². The topological polar surface area (TPSA) is 119 Å². The summed E-state index contributed by atoms with van der Waals surface area (Å²) in [7, 11) is 0. The van der Waals surface area contributed by atoms with Crippen LogP contribution in [0.4, 0.5) is 0 Å². The van der Waals surface area contributed by atoms with E-state index in [9.17, 15) is 14.4 Å². The van der Waals surface area contributed by atoms with Crippen LogP contribution < -0.4 is 10.6 Å². The molecule has 1 aliphatic rings. The number of carbonyl (C=O) groups excluding carboxylic acids is 2. The summed E-state index contributed by atoms with van der Waals surface area (Å²) >= 11 is 1.28. The summed E-state index contributed by atoms with van der Waals surface area (Å²) in [6.07, 6.45) is 2.50. The molecule has 21 heavy (non-hydrogen) atoms. The van der Waals surface area contributed by atoms with Crippen molar-refractivity contribution in [1.82, 2.24) is 10.6 Å². The first kappa shape index (κ1) is 17.3. The SMILES string of the molecule is CC(C#N)(NC(=O)CSCCC(NC=O)C(=O)O)C1CC1. The fourth-order valence-electron chi connectivity index (χ4n) is 1.93. The van der Waals surface area contributed by atoms with E-state index in [-0.39, 0.29) is 24.0 Å². The molecule has 0 aromatic rings. The monoisotopic (exact) mass is 313 g/mol. The van der Waals surface area contributed by atoms with E-state index < -0.39 is 17.6 Å². The number of carbonyl (C=O) groups is 3. The summed E-state index contributed by atoms with van der Waals surface area (Å²) in [4.78, 5) is 32.8. The second-order valence-corrected chi connectivity index (χ2v) is 6.26. The van der Waals surface area contributed by atoms with E-state index in [1.165, 1.54) is 11.8 Å². The van der Waals surface area contributed by atoms with Crippen molar-refractivity contribution in [1.29, 1.82) is 5.26 Å². The van der Waals surface area contributed by atoms with Crippen LogP contribution in [-0.2, 0) is 14.4 Å². The number of thioether (sulfide) groups is 1. The zero-order chi connectivity index (χ0) is 15.9. The lowest BCUT2D eigenvalue weighted by atomic mass is 9.98. The maximum Gasteiger partial charge on any atom is 0.326 e. The zero-order valence-corrected chi connectivity index (χ0v) is 12.6. The van der Waals surface area contributed by atoms with Gasteiger partial charge >= 0.3 is 5.97 Å². The van der Waals surface area contributed by atoms with Gasteiger partial charge in [-0.25, -0.2) is 4.79 Å². The number of aliphatic carboxylic acids is 1. The van der Waals surface area contributed by atoms with Gasteiger partial charge in [0.25, 0.3) is 0 Å². The van der Waals surface area contributed by atoms with Crippen LogP contribution >= 0.6 is 11.8 Å². The Kier molecular flexibility index (Phi) is 6.49. The highest BCUT2D eigenvalue weighted by Gasteiger charge is 2.42. The first-order valence-corrected chi connectivity index (χ1v) is 7.81. The maximum atomic E-state index is 11.8. The van der Waals surface area contributed by atoms with Gasteiger partial charge in [-0.3, -0.25) is 9.59 Å². The average molecular weight is 313 g/mol. The average Bonchev–Trinajstić information content (AvgIpc) is 3.26. The smallest absolute Gasteiger partial charge is 0.326 e. The van der Waals surface area contributed by atoms with E-state index in [1.807, 2.05) is 0 Å². The number of nitriles is 1. The van der Waals surface area contributed by atoms with Crippen molar-refractivity contribution >= 4 is 30.0 Å². The van der Waals surface area contributed by atoms with Gasteiger partial charge in [0, 0.05) is 0 Å². The van der Waals surface area contributed by atoms with Crippen molar-refractivity contribution in [3.63, 3.8) is 0 Å². The molecule has 2 unspecified atom stereocenters. The summed E-state index contributed by atoms with van der Waals surface area (Å²) in [5, 5.41) is 22.9. The Hall–Kier alpha value is -1.75. The molecular formula is C13H19N3O4S. The number of nitrogens with zero attached hydrogens (tertiary/aromatic N) is 1.